The summed E-state index contributed by atoms with van der Waals surface area (Å²) in [7, 11) is -3.20. The number of sulfone groups is 1. The van der Waals surface area contributed by atoms with Gasteiger partial charge >= 0.3 is 0 Å². The van der Waals surface area contributed by atoms with Crippen LogP contribution < -0.4 is 20.9 Å². The first-order valence-corrected chi connectivity index (χ1v) is 11.3. The highest BCUT2D eigenvalue weighted by molar-refractivity contribution is 7.91. The molecule has 0 radical (unpaired) electrons. The monoisotopic (exact) mass is 425 g/mol. The van der Waals surface area contributed by atoms with Crippen LogP contribution in [-0.2, 0) is 19.4 Å². The van der Waals surface area contributed by atoms with E-state index in [1.165, 1.54) is 0 Å². The molecule has 0 spiro atoms. The fraction of sp³-hybridized carbons (Fsp3) is 0.526. The fourth-order valence-corrected chi connectivity index (χ4v) is 4.67. The summed E-state index contributed by atoms with van der Waals surface area (Å²) in [6, 6.07) is 5.63. The molecule has 3 N–H and O–H groups in total. The highest BCUT2D eigenvalue weighted by Crippen LogP contribution is 2.18. The third kappa shape index (κ3) is 6.45. The second-order valence-corrected chi connectivity index (χ2v) is 9.46. The minimum atomic E-state index is -3.20. The van der Waals surface area contributed by atoms with Crippen molar-refractivity contribution in [3.8, 4) is 5.75 Å². The van der Waals surface area contributed by atoms with Gasteiger partial charge in [0.2, 0.25) is 5.91 Å². The molecule has 0 saturated carbocycles. The molecular weight excluding hydrogens is 398 g/mol. The van der Waals surface area contributed by atoms with Crippen molar-refractivity contribution in [2.75, 3.05) is 18.1 Å². The molecule has 0 unspecified atom stereocenters. The number of carbonyl (C=O) groups excluding carboxylic acids is 3. The van der Waals surface area contributed by atoms with E-state index in [2.05, 4.69) is 16.2 Å². The molecule has 3 amide bonds. The van der Waals surface area contributed by atoms with Crippen LogP contribution in [0.4, 0.5) is 0 Å². The van der Waals surface area contributed by atoms with Crippen molar-refractivity contribution in [3.05, 3.63) is 29.8 Å². The summed E-state index contributed by atoms with van der Waals surface area (Å²) in [4.78, 5) is 37.0. The van der Waals surface area contributed by atoms with Gasteiger partial charge in [0.1, 0.15) is 11.8 Å². The quantitative estimate of drug-likeness (QED) is 0.543. The van der Waals surface area contributed by atoms with Gasteiger partial charge in [0.15, 0.2) is 9.84 Å². The molecule has 1 fully saturated rings. The van der Waals surface area contributed by atoms with Crippen LogP contribution >= 0.6 is 0 Å². The zero-order chi connectivity index (χ0) is 21.6. The predicted octanol–water partition coefficient (Wildman–Crippen LogP) is 0.422. The molecular formula is C19H27N3O6S. The fourth-order valence-electron chi connectivity index (χ4n) is 2.93. The Morgan fingerprint density at radius 3 is 2.31 bits per heavy atom. The van der Waals surface area contributed by atoms with E-state index in [9.17, 15) is 22.8 Å². The van der Waals surface area contributed by atoms with Crippen molar-refractivity contribution in [3.63, 3.8) is 0 Å². The molecule has 0 bridgehead atoms. The Kier molecular flexibility index (Phi) is 7.60. The lowest BCUT2D eigenvalue weighted by Crippen LogP contribution is -2.55. The number of rotatable bonds is 7. The Labute approximate surface area is 170 Å². The molecule has 0 aliphatic carbocycles. The van der Waals surface area contributed by atoms with Gasteiger partial charge in [0, 0.05) is 5.56 Å². The Balaban J connectivity index is 1.93. The topological polar surface area (TPSA) is 131 Å². The first-order chi connectivity index (χ1) is 13.6. The van der Waals surface area contributed by atoms with Gasteiger partial charge in [-0.2, -0.15) is 0 Å². The number of ether oxygens (including phenoxy) is 1. The van der Waals surface area contributed by atoms with E-state index in [-0.39, 0.29) is 23.8 Å². The van der Waals surface area contributed by atoms with Gasteiger partial charge in [-0.05, 0) is 43.5 Å². The molecule has 1 aromatic carbocycles. The standard InChI is InChI=1S/C19H27N3O6S/c1-4-28-15-7-5-13(6-8-15)17(23)20-16(12(2)3)19(25)22-21-18(24)14-9-10-29(26,27)11-14/h5-8,12,14,16H,4,9-11H2,1-3H3,(H,20,23)(H,21,24)(H,22,25)/t14-,16+/m1/s1. The van der Waals surface area contributed by atoms with Crippen LogP contribution in [0.5, 0.6) is 5.75 Å². The largest absolute Gasteiger partial charge is 0.494 e. The van der Waals surface area contributed by atoms with Gasteiger partial charge in [-0.1, -0.05) is 13.8 Å². The van der Waals surface area contributed by atoms with E-state index in [0.29, 0.717) is 17.9 Å². The molecule has 1 aromatic rings. The summed E-state index contributed by atoms with van der Waals surface area (Å²) in [6.07, 6.45) is 0.228. The van der Waals surface area contributed by atoms with E-state index < -0.39 is 39.5 Å². The zero-order valence-corrected chi connectivity index (χ0v) is 17.5. The van der Waals surface area contributed by atoms with Crippen LogP contribution in [0.25, 0.3) is 0 Å². The zero-order valence-electron chi connectivity index (χ0n) is 16.7. The van der Waals surface area contributed by atoms with Gasteiger partial charge in [-0.15, -0.1) is 0 Å². The highest BCUT2D eigenvalue weighted by atomic mass is 32.2. The van der Waals surface area contributed by atoms with Gasteiger partial charge < -0.3 is 10.1 Å². The van der Waals surface area contributed by atoms with Gasteiger partial charge in [-0.25, -0.2) is 8.42 Å². The second kappa shape index (κ2) is 9.73. The van der Waals surface area contributed by atoms with E-state index in [4.69, 9.17) is 4.74 Å². The number of hydrazine groups is 1. The van der Waals surface area contributed by atoms with Crippen molar-refractivity contribution in [1.82, 2.24) is 16.2 Å². The van der Waals surface area contributed by atoms with E-state index >= 15 is 0 Å². The molecule has 10 heteroatoms. The number of nitrogens with one attached hydrogen (secondary N) is 3. The Morgan fingerprint density at radius 2 is 1.79 bits per heavy atom. The molecule has 1 aliphatic heterocycles. The van der Waals surface area contributed by atoms with Crippen LogP contribution in [0.15, 0.2) is 24.3 Å². The summed E-state index contributed by atoms with van der Waals surface area (Å²) in [5.74, 6) is -2.13. The first-order valence-electron chi connectivity index (χ1n) is 9.46. The minimum absolute atomic E-state index is 0.0359. The third-order valence-electron chi connectivity index (χ3n) is 4.58. The van der Waals surface area contributed by atoms with Gasteiger partial charge in [0.05, 0.1) is 24.0 Å². The Morgan fingerprint density at radius 1 is 1.14 bits per heavy atom. The highest BCUT2D eigenvalue weighted by Gasteiger charge is 2.33. The van der Waals surface area contributed by atoms with Crippen LogP contribution in [-0.4, -0.2) is 50.3 Å². The maximum Gasteiger partial charge on any atom is 0.261 e. The average Bonchev–Trinajstić information content (AvgIpc) is 3.04. The van der Waals surface area contributed by atoms with Gasteiger partial charge in [-0.3, -0.25) is 25.2 Å². The molecule has 29 heavy (non-hydrogen) atoms. The lowest BCUT2D eigenvalue weighted by atomic mass is 10.0. The molecule has 160 valence electrons. The van der Waals surface area contributed by atoms with Crippen molar-refractivity contribution >= 4 is 27.6 Å². The smallest absolute Gasteiger partial charge is 0.261 e. The number of benzene rings is 1. The molecule has 1 saturated heterocycles. The van der Waals surface area contributed by atoms with Crippen LogP contribution in [0, 0.1) is 11.8 Å². The third-order valence-corrected chi connectivity index (χ3v) is 6.34. The Hall–Kier alpha value is -2.62. The predicted molar refractivity (Wildman–Crippen MR) is 107 cm³/mol. The summed E-state index contributed by atoms with van der Waals surface area (Å²) in [5, 5.41) is 2.65. The van der Waals surface area contributed by atoms with E-state index in [1.807, 2.05) is 6.92 Å². The van der Waals surface area contributed by atoms with Crippen LogP contribution in [0.1, 0.15) is 37.6 Å². The molecule has 0 aromatic heterocycles. The van der Waals surface area contributed by atoms with Crippen molar-refractivity contribution in [1.29, 1.82) is 0 Å². The van der Waals surface area contributed by atoms with Gasteiger partial charge in [0.25, 0.3) is 11.8 Å². The lowest BCUT2D eigenvalue weighted by Gasteiger charge is -2.22. The summed E-state index contributed by atoms with van der Waals surface area (Å²) < 4.78 is 28.3. The maximum absolute atomic E-state index is 12.5. The van der Waals surface area contributed by atoms with Crippen molar-refractivity contribution < 1.29 is 27.5 Å². The number of hydrogen-bond acceptors (Lipinski definition) is 6. The number of hydrogen-bond donors (Lipinski definition) is 3. The SMILES string of the molecule is CCOc1ccc(C(=O)N[C@H](C(=O)NNC(=O)[C@@H]2CCS(=O)(=O)C2)C(C)C)cc1. The van der Waals surface area contributed by atoms with Crippen LogP contribution in [0.3, 0.4) is 0 Å². The average molecular weight is 426 g/mol. The van der Waals surface area contributed by atoms with Crippen LogP contribution in [0.2, 0.25) is 0 Å². The maximum atomic E-state index is 12.5. The molecule has 9 nitrogen and oxygen atoms in total. The summed E-state index contributed by atoms with van der Waals surface area (Å²) >= 11 is 0. The Bertz CT molecular complexity index is 851. The molecule has 1 heterocycles. The van der Waals surface area contributed by atoms with Crippen molar-refractivity contribution in [2.24, 2.45) is 11.8 Å². The minimum Gasteiger partial charge on any atom is -0.494 e. The normalized spacial score (nSPS) is 18.7. The molecule has 1 aliphatic rings. The molecule has 2 atom stereocenters. The number of carbonyl (C=O) groups is 3. The van der Waals surface area contributed by atoms with E-state index in [0.717, 1.165) is 0 Å². The van der Waals surface area contributed by atoms with E-state index in [1.54, 1.807) is 38.1 Å². The summed E-state index contributed by atoms with van der Waals surface area (Å²) in [5.41, 5.74) is 4.91. The summed E-state index contributed by atoms with van der Waals surface area (Å²) in [6.45, 7) is 5.89. The second-order valence-electron chi connectivity index (χ2n) is 7.23. The number of amides is 3. The van der Waals surface area contributed by atoms with Crippen molar-refractivity contribution in [2.45, 2.75) is 33.2 Å². The molecule has 2 rings (SSSR count). The lowest BCUT2D eigenvalue weighted by molar-refractivity contribution is -0.132. The first kappa shape index (κ1) is 22.7.